The average Bonchev–Trinajstić information content (AvgIpc) is 3.56. The number of fused-ring (bicyclic) bond motifs is 3. The van der Waals surface area contributed by atoms with E-state index in [4.69, 9.17) is 0 Å². The maximum atomic E-state index is 14.6. The molecule has 2 aliphatic heterocycles. The predicted molar refractivity (Wildman–Crippen MR) is 184 cm³/mol. The van der Waals surface area contributed by atoms with Crippen molar-refractivity contribution in [2.75, 3.05) is 9.80 Å². The van der Waals surface area contributed by atoms with Crippen LogP contribution in [-0.4, -0.2) is 23.6 Å². The molecule has 5 aromatic carbocycles. The molecule has 48 heavy (non-hydrogen) atoms. The van der Waals surface area contributed by atoms with Crippen molar-refractivity contribution in [1.29, 1.82) is 0 Å². The molecule has 6 nitrogen and oxygen atoms in total. The summed E-state index contributed by atoms with van der Waals surface area (Å²) in [5, 5.41) is 3.99. The Morgan fingerprint density at radius 1 is 0.479 bits per heavy atom. The molecule has 4 amide bonds. The molecule has 6 heteroatoms. The van der Waals surface area contributed by atoms with Gasteiger partial charge in [0.25, 0.3) is 0 Å². The minimum atomic E-state index is -0.609. The van der Waals surface area contributed by atoms with Crippen LogP contribution in [0.3, 0.4) is 0 Å². The highest BCUT2D eigenvalue weighted by Gasteiger charge is 2.67. The number of allylic oxidation sites excluding steroid dienone is 4. The van der Waals surface area contributed by atoms with Crippen LogP contribution in [-0.2, 0) is 19.2 Å². The molecule has 7 atom stereocenters. The van der Waals surface area contributed by atoms with Crippen LogP contribution in [0.2, 0.25) is 0 Å². The van der Waals surface area contributed by atoms with Gasteiger partial charge in [-0.1, -0.05) is 109 Å². The van der Waals surface area contributed by atoms with Crippen LogP contribution in [0.25, 0.3) is 27.1 Å². The van der Waals surface area contributed by atoms with Crippen LogP contribution in [0.5, 0.6) is 0 Å². The first kappa shape index (κ1) is 27.5. The van der Waals surface area contributed by atoms with Crippen LogP contribution in [0.4, 0.5) is 11.4 Å². The normalized spacial score (nSPS) is 28.9. The van der Waals surface area contributed by atoms with Crippen molar-refractivity contribution in [1.82, 2.24) is 0 Å². The Balaban J connectivity index is 1.11. The summed E-state index contributed by atoms with van der Waals surface area (Å²) in [4.78, 5) is 60.6. The molecule has 0 radical (unpaired) electrons. The quantitative estimate of drug-likeness (QED) is 0.157. The van der Waals surface area contributed by atoms with Crippen molar-refractivity contribution in [3.63, 3.8) is 0 Å². The van der Waals surface area contributed by atoms with Gasteiger partial charge in [0.15, 0.2) is 0 Å². The fraction of sp³-hybridized carbons (Fsp3) is 0.190. The van der Waals surface area contributed by atoms with Crippen LogP contribution in [0.15, 0.2) is 133 Å². The zero-order valence-electron chi connectivity index (χ0n) is 25.9. The van der Waals surface area contributed by atoms with Gasteiger partial charge in [0.1, 0.15) is 0 Å². The number of carbonyl (C=O) groups excluding carboxylic acids is 4. The lowest BCUT2D eigenvalue weighted by Crippen LogP contribution is -2.51. The molecule has 11 rings (SSSR count). The van der Waals surface area contributed by atoms with Crippen LogP contribution in [0.1, 0.15) is 12.0 Å². The van der Waals surface area contributed by atoms with E-state index in [0.717, 1.165) is 38.3 Å². The van der Waals surface area contributed by atoms with E-state index in [0.29, 0.717) is 17.8 Å². The number of carbonyl (C=O) groups is 4. The van der Waals surface area contributed by atoms with Crippen molar-refractivity contribution in [3.8, 4) is 0 Å². The van der Waals surface area contributed by atoms with Gasteiger partial charge in [0.2, 0.25) is 23.6 Å². The third-order valence-electron chi connectivity index (χ3n) is 11.6. The predicted octanol–water partition coefficient (Wildman–Crippen LogP) is 7.19. The van der Waals surface area contributed by atoms with Crippen molar-refractivity contribution in [2.24, 2.45) is 41.4 Å². The van der Waals surface area contributed by atoms with E-state index in [1.807, 2.05) is 103 Å². The molecule has 232 valence electrons. The van der Waals surface area contributed by atoms with Gasteiger partial charge in [-0.2, -0.15) is 0 Å². The second kappa shape index (κ2) is 9.94. The van der Waals surface area contributed by atoms with Gasteiger partial charge in [0, 0.05) is 11.8 Å². The number of anilines is 2. The molecule has 0 N–H and O–H groups in total. The zero-order valence-corrected chi connectivity index (χ0v) is 25.9. The zero-order chi connectivity index (χ0) is 32.3. The molecule has 2 heterocycles. The van der Waals surface area contributed by atoms with Gasteiger partial charge >= 0.3 is 0 Å². The maximum absolute atomic E-state index is 14.6. The van der Waals surface area contributed by atoms with Crippen molar-refractivity contribution >= 4 is 62.1 Å². The Kier molecular flexibility index (Phi) is 5.69. The Labute approximate surface area is 277 Å². The summed E-state index contributed by atoms with van der Waals surface area (Å²) >= 11 is 0. The van der Waals surface area contributed by atoms with Gasteiger partial charge in [-0.05, 0) is 69.3 Å². The van der Waals surface area contributed by atoms with E-state index in [9.17, 15) is 19.2 Å². The van der Waals surface area contributed by atoms with Gasteiger partial charge in [-0.3, -0.25) is 24.1 Å². The molecule has 4 aliphatic carbocycles. The highest BCUT2D eigenvalue weighted by molar-refractivity contribution is 6.25. The van der Waals surface area contributed by atoms with E-state index in [1.54, 1.807) is 0 Å². The fourth-order valence-electron chi connectivity index (χ4n) is 9.66. The summed E-state index contributed by atoms with van der Waals surface area (Å²) in [6.45, 7) is 0. The number of hydrogen-bond acceptors (Lipinski definition) is 4. The summed E-state index contributed by atoms with van der Waals surface area (Å²) < 4.78 is 0. The molecule has 3 fully saturated rings. The van der Waals surface area contributed by atoms with Crippen molar-refractivity contribution in [2.45, 2.75) is 6.42 Å². The summed E-state index contributed by atoms with van der Waals surface area (Å²) in [6, 6.07) is 37.3. The standard InChI is InChI=1S/C42H30N2O4/c45-39-33-22-32(25-10-2-1-3-11-25)34-30-18-19-31(35(34)38(33)42(48)43(39)28-16-14-23-8-4-6-12-26(23)20-28)37-36(30)40(46)44(41(37)47)29-17-15-24-9-5-7-13-27(24)21-29/h1-21,30-31,33,35-38H,22H2/t30-,31+,33+,35-,36+,37+,38-/m0/s1. The van der Waals surface area contributed by atoms with Gasteiger partial charge in [0.05, 0.1) is 35.0 Å². The lowest BCUT2D eigenvalue weighted by atomic mass is 9.49. The molecule has 5 aromatic rings. The number of rotatable bonds is 3. The number of benzene rings is 5. The largest absolute Gasteiger partial charge is 0.274 e. The lowest BCUT2D eigenvalue weighted by molar-refractivity contribution is -0.129. The molecule has 6 aliphatic rings. The second-order valence-electron chi connectivity index (χ2n) is 13.8. The molecule has 1 saturated carbocycles. The number of amides is 4. The third-order valence-corrected chi connectivity index (χ3v) is 11.6. The minimum Gasteiger partial charge on any atom is -0.274 e. The summed E-state index contributed by atoms with van der Waals surface area (Å²) in [6.07, 6.45) is 4.58. The Hall–Kier alpha value is -5.62. The van der Waals surface area contributed by atoms with Crippen molar-refractivity contribution in [3.05, 3.63) is 139 Å². The van der Waals surface area contributed by atoms with E-state index in [2.05, 4.69) is 24.3 Å². The Bertz CT molecular complexity index is 2320. The Morgan fingerprint density at radius 3 is 1.67 bits per heavy atom. The highest BCUT2D eigenvalue weighted by Crippen LogP contribution is 2.63. The first-order chi connectivity index (χ1) is 23.5. The fourth-order valence-corrected chi connectivity index (χ4v) is 9.66. The van der Waals surface area contributed by atoms with Gasteiger partial charge < -0.3 is 0 Å². The molecule has 0 aromatic heterocycles. The van der Waals surface area contributed by atoms with Crippen LogP contribution in [0, 0.1) is 41.4 Å². The van der Waals surface area contributed by atoms with E-state index in [1.165, 1.54) is 9.80 Å². The topological polar surface area (TPSA) is 74.8 Å². The van der Waals surface area contributed by atoms with Crippen molar-refractivity contribution < 1.29 is 19.2 Å². The second-order valence-corrected chi connectivity index (χ2v) is 13.8. The maximum Gasteiger partial charge on any atom is 0.238 e. The average molecular weight is 627 g/mol. The molecule has 2 bridgehead atoms. The SMILES string of the molecule is O=C1[C@@H]2[C@@H]3C=C[C@@H](C4=C(c5ccccc5)C[C@H]5C(=O)N(c6ccc7ccccc7c6)C(=O)[C@@H]5[C@H]43)[C@H]2C(=O)N1c1ccc2ccccc2c1. The van der Waals surface area contributed by atoms with E-state index in [-0.39, 0.29) is 41.4 Å². The first-order valence-corrected chi connectivity index (χ1v) is 16.7. The molecular formula is C42H30N2O4. The molecule has 0 spiro atoms. The number of hydrogen-bond donors (Lipinski definition) is 0. The summed E-state index contributed by atoms with van der Waals surface area (Å²) in [7, 11) is 0. The monoisotopic (exact) mass is 626 g/mol. The van der Waals surface area contributed by atoms with Crippen LogP contribution >= 0.6 is 0 Å². The van der Waals surface area contributed by atoms with E-state index >= 15 is 0 Å². The summed E-state index contributed by atoms with van der Waals surface area (Å²) in [5.41, 5.74) is 4.24. The Morgan fingerprint density at radius 2 is 1.02 bits per heavy atom. The van der Waals surface area contributed by atoms with Gasteiger partial charge in [-0.25, -0.2) is 4.90 Å². The van der Waals surface area contributed by atoms with Crippen LogP contribution < -0.4 is 9.80 Å². The lowest BCUT2D eigenvalue weighted by Gasteiger charge is -2.51. The highest BCUT2D eigenvalue weighted by atomic mass is 16.2. The van der Waals surface area contributed by atoms with E-state index < -0.39 is 23.7 Å². The number of nitrogens with zero attached hydrogens (tertiary/aromatic N) is 2. The number of imide groups is 2. The molecule has 2 saturated heterocycles. The minimum absolute atomic E-state index is 0.188. The molecular weight excluding hydrogens is 596 g/mol. The third kappa shape index (κ3) is 3.63. The first-order valence-electron chi connectivity index (χ1n) is 16.7. The van der Waals surface area contributed by atoms with Gasteiger partial charge in [-0.15, -0.1) is 0 Å². The summed E-state index contributed by atoms with van der Waals surface area (Å²) in [5.74, 6) is -4.19. The molecule has 0 unspecified atom stereocenters. The smallest absolute Gasteiger partial charge is 0.238 e.